The molecule has 1 aliphatic rings. The van der Waals surface area contributed by atoms with E-state index in [9.17, 15) is 68.1 Å². The molecule has 14 N–H and O–H groups in total. The molecule has 1 saturated heterocycles. The van der Waals surface area contributed by atoms with Crippen LogP contribution in [0.1, 0.15) is 99.5 Å². The number of carbonyl (C=O) groups excluding carboxylic acids is 9. The number of nitrogens with two attached hydrogens (primary N) is 2. The standard InChI is InChI=1S/C45H70N10O14/c1-21(2)18-31(52-38(61)25(8)48-37(60)24(7)46)44(67)55-17-9-10-32(55)42(65)50-30(20-33(47)57)41(64)53-35(22(3)4)43(66)51-29(19-26-11-13-27(56)14-12-26)40(63)49-28(15-16-34(58)59)39(62)54-36(23(5)6)45(68)69/h11-14,21-25,28-32,35-36,56H,9-10,15-20,46H2,1-8H3,(H2,47,57)(H,48,60)(H,49,63)(H,50,65)(H,51,66)(H,52,61)(H,53,64)(H,54,62)(H,58,59)(H,68,69)/t24-,25-,28-,29-,30-,31-,32-,35-,36-/m0/s1. The Hall–Kier alpha value is -6.85. The number of rotatable bonds is 27. The van der Waals surface area contributed by atoms with Gasteiger partial charge in [-0.15, -0.1) is 0 Å². The highest BCUT2D eigenvalue weighted by Gasteiger charge is 2.41. The number of likely N-dealkylation sites (tertiary alicyclic amines) is 1. The summed E-state index contributed by atoms with van der Waals surface area (Å²) in [4.78, 5) is 145. The van der Waals surface area contributed by atoms with Crippen molar-refractivity contribution in [3.05, 3.63) is 29.8 Å². The summed E-state index contributed by atoms with van der Waals surface area (Å²) < 4.78 is 0. The largest absolute Gasteiger partial charge is 0.508 e. The Labute approximate surface area is 400 Å². The highest BCUT2D eigenvalue weighted by atomic mass is 16.4. The minimum absolute atomic E-state index is 0.102. The van der Waals surface area contributed by atoms with Crippen LogP contribution in [0, 0.1) is 17.8 Å². The number of carbonyl (C=O) groups is 11. The molecule has 0 unspecified atom stereocenters. The molecular weight excluding hydrogens is 905 g/mol. The predicted octanol–water partition coefficient (Wildman–Crippen LogP) is -2.13. The van der Waals surface area contributed by atoms with Crippen LogP contribution in [0.2, 0.25) is 0 Å². The van der Waals surface area contributed by atoms with Crippen LogP contribution in [-0.4, -0.2) is 146 Å². The molecule has 1 heterocycles. The van der Waals surface area contributed by atoms with Gasteiger partial charge in [0.15, 0.2) is 0 Å². The maximum absolute atomic E-state index is 14.1. The predicted molar refractivity (Wildman–Crippen MR) is 247 cm³/mol. The fraction of sp³-hybridized carbons (Fsp3) is 0.622. The lowest BCUT2D eigenvalue weighted by molar-refractivity contribution is -0.144. The second-order valence-electron chi connectivity index (χ2n) is 18.4. The molecule has 0 saturated carbocycles. The van der Waals surface area contributed by atoms with Gasteiger partial charge in [0, 0.05) is 19.4 Å². The van der Waals surface area contributed by atoms with Gasteiger partial charge in [0.05, 0.1) is 12.5 Å². The van der Waals surface area contributed by atoms with Crippen LogP contribution < -0.4 is 48.7 Å². The molecule has 0 aromatic heterocycles. The molecule has 69 heavy (non-hydrogen) atoms. The number of nitrogens with zero attached hydrogens (tertiary/aromatic N) is 1. The second-order valence-corrected chi connectivity index (χ2v) is 18.4. The smallest absolute Gasteiger partial charge is 0.326 e. The number of aromatic hydroxyl groups is 1. The molecule has 1 aromatic rings. The number of hydrogen-bond donors (Lipinski definition) is 12. The number of phenolic OH excluding ortho intramolecular Hbond substituents is 1. The molecule has 9 amide bonds. The molecule has 24 heteroatoms. The molecule has 1 aliphatic heterocycles. The second kappa shape index (κ2) is 27.2. The van der Waals surface area contributed by atoms with Crippen LogP contribution in [-0.2, 0) is 59.2 Å². The molecule has 0 radical (unpaired) electrons. The first-order valence-corrected chi connectivity index (χ1v) is 22.8. The molecule has 24 nitrogen and oxygen atoms in total. The Morgan fingerprint density at radius 3 is 1.71 bits per heavy atom. The highest BCUT2D eigenvalue weighted by Crippen LogP contribution is 2.21. The summed E-state index contributed by atoms with van der Waals surface area (Å²) in [5.74, 6) is -11.9. The number of hydrogen-bond acceptors (Lipinski definition) is 13. The zero-order chi connectivity index (χ0) is 52.4. The van der Waals surface area contributed by atoms with Gasteiger partial charge >= 0.3 is 11.9 Å². The van der Waals surface area contributed by atoms with Crippen LogP contribution in [0.15, 0.2) is 24.3 Å². The van der Waals surface area contributed by atoms with Crippen molar-refractivity contribution in [3.63, 3.8) is 0 Å². The van der Waals surface area contributed by atoms with E-state index in [-0.39, 0.29) is 37.5 Å². The zero-order valence-corrected chi connectivity index (χ0v) is 40.3. The van der Waals surface area contributed by atoms with Crippen molar-refractivity contribution in [1.82, 2.24) is 42.1 Å². The maximum atomic E-state index is 14.1. The van der Waals surface area contributed by atoms with Crippen molar-refractivity contribution in [1.29, 1.82) is 0 Å². The Balaban J connectivity index is 2.39. The van der Waals surface area contributed by atoms with Crippen molar-refractivity contribution >= 4 is 65.1 Å². The Morgan fingerprint density at radius 1 is 0.652 bits per heavy atom. The minimum atomic E-state index is -1.67. The van der Waals surface area contributed by atoms with E-state index in [0.29, 0.717) is 12.0 Å². The number of benzene rings is 1. The van der Waals surface area contributed by atoms with Crippen molar-refractivity contribution in [2.24, 2.45) is 29.2 Å². The third-order valence-electron chi connectivity index (χ3n) is 11.1. The van der Waals surface area contributed by atoms with Gasteiger partial charge in [-0.2, -0.15) is 0 Å². The summed E-state index contributed by atoms with van der Waals surface area (Å²) in [6.45, 7) is 12.7. The lowest BCUT2D eigenvalue weighted by Crippen LogP contribution is -2.61. The molecular formula is C45H70N10O14. The number of phenols is 1. The Morgan fingerprint density at radius 2 is 1.19 bits per heavy atom. The zero-order valence-electron chi connectivity index (χ0n) is 40.3. The van der Waals surface area contributed by atoms with Crippen molar-refractivity contribution in [2.45, 2.75) is 155 Å². The van der Waals surface area contributed by atoms with Gasteiger partial charge in [0.2, 0.25) is 53.2 Å². The van der Waals surface area contributed by atoms with E-state index in [1.807, 2.05) is 13.8 Å². The third kappa shape index (κ3) is 19.0. The van der Waals surface area contributed by atoms with Gasteiger partial charge in [-0.1, -0.05) is 53.7 Å². The van der Waals surface area contributed by atoms with E-state index in [2.05, 4.69) is 37.2 Å². The summed E-state index contributed by atoms with van der Waals surface area (Å²) in [5.41, 5.74) is 11.5. The highest BCUT2D eigenvalue weighted by molar-refractivity contribution is 5.99. The van der Waals surface area contributed by atoms with E-state index in [4.69, 9.17) is 11.5 Å². The normalized spacial score (nSPS) is 16.9. The molecule has 1 fully saturated rings. The van der Waals surface area contributed by atoms with Crippen molar-refractivity contribution < 1.29 is 68.1 Å². The fourth-order valence-electron chi connectivity index (χ4n) is 7.29. The summed E-state index contributed by atoms with van der Waals surface area (Å²) in [6.07, 6.45) is -1.42. The van der Waals surface area contributed by atoms with Crippen LogP contribution in [0.4, 0.5) is 0 Å². The van der Waals surface area contributed by atoms with Crippen LogP contribution >= 0.6 is 0 Å². The molecule has 1 aromatic carbocycles. The van der Waals surface area contributed by atoms with Crippen molar-refractivity contribution in [3.8, 4) is 5.75 Å². The SMILES string of the molecule is CC(C)C[C@H](NC(=O)[C@H](C)NC(=O)[C@H](C)N)C(=O)N1CCC[C@H]1C(=O)N[C@@H](CC(N)=O)C(=O)N[C@H](C(=O)N[C@@H](Cc1ccc(O)cc1)C(=O)N[C@@H](CCC(=O)O)C(=O)N[C@H](C(=O)O)C(C)C)C(C)C. The van der Waals surface area contributed by atoms with Crippen LogP contribution in [0.3, 0.4) is 0 Å². The van der Waals surface area contributed by atoms with Crippen molar-refractivity contribution in [2.75, 3.05) is 6.54 Å². The minimum Gasteiger partial charge on any atom is -0.508 e. The number of amides is 9. The van der Waals surface area contributed by atoms with E-state index < -0.39 is 151 Å². The van der Waals surface area contributed by atoms with Gasteiger partial charge in [-0.3, -0.25) is 47.9 Å². The Bertz CT molecular complexity index is 2030. The third-order valence-corrected chi connectivity index (χ3v) is 11.1. The molecule has 0 spiro atoms. The number of carboxylic acids is 2. The fourth-order valence-corrected chi connectivity index (χ4v) is 7.29. The van der Waals surface area contributed by atoms with Gasteiger partial charge < -0.3 is 68.9 Å². The van der Waals surface area contributed by atoms with E-state index in [1.54, 1.807) is 13.8 Å². The summed E-state index contributed by atoms with van der Waals surface area (Å²) >= 11 is 0. The average Bonchev–Trinajstić information content (AvgIpc) is 3.75. The summed E-state index contributed by atoms with van der Waals surface area (Å²) in [7, 11) is 0. The number of carboxylic acid groups (broad SMARTS) is 2. The molecule has 9 atom stereocenters. The monoisotopic (exact) mass is 975 g/mol. The van der Waals surface area contributed by atoms with E-state index >= 15 is 0 Å². The van der Waals surface area contributed by atoms with Crippen LogP contribution in [0.5, 0.6) is 5.75 Å². The maximum Gasteiger partial charge on any atom is 0.326 e. The van der Waals surface area contributed by atoms with Gasteiger partial charge in [0.1, 0.15) is 54.1 Å². The van der Waals surface area contributed by atoms with Gasteiger partial charge in [-0.05, 0) is 75.0 Å². The topological polar surface area (TPSA) is 388 Å². The lowest BCUT2D eigenvalue weighted by Gasteiger charge is -2.31. The van der Waals surface area contributed by atoms with Gasteiger partial charge in [-0.25, -0.2) is 4.79 Å². The first kappa shape index (κ1) is 58.3. The van der Waals surface area contributed by atoms with Gasteiger partial charge in [0.25, 0.3) is 0 Å². The number of nitrogens with one attached hydrogen (secondary N) is 7. The lowest BCUT2D eigenvalue weighted by atomic mass is 9.99. The number of primary amides is 1. The number of aliphatic carboxylic acids is 2. The van der Waals surface area contributed by atoms with E-state index in [0.717, 1.165) is 0 Å². The first-order valence-electron chi connectivity index (χ1n) is 22.8. The average molecular weight is 975 g/mol. The molecule has 0 bridgehead atoms. The summed E-state index contributed by atoms with van der Waals surface area (Å²) in [6, 6.07) is -6.35. The van der Waals surface area contributed by atoms with E-state index in [1.165, 1.54) is 56.9 Å². The Kier molecular flexibility index (Phi) is 23.0. The first-order chi connectivity index (χ1) is 32.1. The molecule has 2 rings (SSSR count). The molecule has 384 valence electrons. The van der Waals surface area contributed by atoms with Crippen LogP contribution in [0.25, 0.3) is 0 Å². The molecule has 0 aliphatic carbocycles. The quantitative estimate of drug-likeness (QED) is 0.0448. The summed E-state index contributed by atoms with van der Waals surface area (Å²) in [5, 5.41) is 46.2.